The largest absolute Gasteiger partial charge is 0.352 e. The molecule has 0 bridgehead atoms. The number of hydrogen-bond donors (Lipinski definition) is 1. The van der Waals surface area contributed by atoms with Crippen LogP contribution in [0.4, 0.5) is 0 Å². The number of thiazole rings is 1. The van der Waals surface area contributed by atoms with Gasteiger partial charge in [-0.25, -0.2) is 4.98 Å². The molecule has 0 aliphatic rings. The van der Waals surface area contributed by atoms with Gasteiger partial charge in [-0.1, -0.05) is 6.92 Å². The van der Waals surface area contributed by atoms with E-state index in [2.05, 4.69) is 65.3 Å². The van der Waals surface area contributed by atoms with Crippen LogP contribution in [0.5, 0.6) is 0 Å². The molecule has 0 atom stereocenters. The molecule has 0 spiro atoms. The highest BCUT2D eigenvalue weighted by Gasteiger charge is 2.10. The Morgan fingerprint density at radius 3 is 2.86 bits per heavy atom. The van der Waals surface area contributed by atoms with Crippen LogP contribution in [0.15, 0.2) is 27.1 Å². The van der Waals surface area contributed by atoms with Crippen LogP contribution >= 0.6 is 27.3 Å². The predicted molar refractivity (Wildman–Crippen MR) is 96.3 cm³/mol. The molecule has 0 aliphatic heterocycles. The summed E-state index contributed by atoms with van der Waals surface area (Å²) in [7, 11) is 5.89. The molecule has 0 unspecified atom stereocenters. The summed E-state index contributed by atoms with van der Waals surface area (Å²) in [5.41, 5.74) is 2.29. The second-order valence-corrected chi connectivity index (χ2v) is 6.96. The fourth-order valence-corrected chi connectivity index (χ4v) is 3.50. The molecule has 0 fully saturated rings. The molecule has 0 saturated heterocycles. The minimum absolute atomic E-state index is 0.699. The number of aliphatic imine (C=N–C) groups is 1. The van der Waals surface area contributed by atoms with Gasteiger partial charge in [0.1, 0.15) is 0 Å². The summed E-state index contributed by atoms with van der Waals surface area (Å²) in [6.07, 6.45) is 3.04. The van der Waals surface area contributed by atoms with Crippen molar-refractivity contribution in [3.8, 4) is 0 Å². The van der Waals surface area contributed by atoms with Crippen LogP contribution in [0.2, 0.25) is 0 Å². The van der Waals surface area contributed by atoms with Crippen LogP contribution in [-0.2, 0) is 26.6 Å². The molecule has 2 rings (SSSR count). The minimum Gasteiger partial charge on any atom is -0.352 e. The Morgan fingerprint density at radius 1 is 1.55 bits per heavy atom. The lowest BCUT2D eigenvalue weighted by Gasteiger charge is -2.22. The first kappa shape index (κ1) is 17.0. The van der Waals surface area contributed by atoms with Crippen molar-refractivity contribution in [1.29, 1.82) is 0 Å². The number of hydrogen-bond acceptors (Lipinski definition) is 3. The number of nitrogens with zero attached hydrogens (tertiary/aromatic N) is 4. The third-order valence-corrected chi connectivity index (χ3v) is 4.85. The molecule has 2 heterocycles. The number of rotatable bonds is 5. The predicted octanol–water partition coefficient (Wildman–Crippen LogP) is 3.01. The maximum absolute atomic E-state index is 4.57. The van der Waals surface area contributed by atoms with E-state index in [1.54, 1.807) is 18.4 Å². The van der Waals surface area contributed by atoms with Crippen molar-refractivity contribution < 1.29 is 0 Å². The van der Waals surface area contributed by atoms with Crippen LogP contribution in [0.1, 0.15) is 23.3 Å². The molecule has 5 nitrogen and oxygen atoms in total. The van der Waals surface area contributed by atoms with Crippen molar-refractivity contribution in [2.75, 3.05) is 14.1 Å². The molecule has 0 saturated carbocycles. The second-order valence-electron chi connectivity index (χ2n) is 5.10. The first-order valence-electron chi connectivity index (χ1n) is 7.19. The molecule has 1 N–H and O–H groups in total. The zero-order valence-corrected chi connectivity index (χ0v) is 15.8. The van der Waals surface area contributed by atoms with Crippen LogP contribution < -0.4 is 5.32 Å². The van der Waals surface area contributed by atoms with Crippen molar-refractivity contribution in [2.45, 2.75) is 26.4 Å². The number of aryl methyl sites for hydroxylation is 2. The molecule has 22 heavy (non-hydrogen) atoms. The van der Waals surface area contributed by atoms with Gasteiger partial charge >= 0.3 is 0 Å². The van der Waals surface area contributed by atoms with Crippen LogP contribution in [0, 0.1) is 0 Å². The summed E-state index contributed by atoms with van der Waals surface area (Å²) in [4.78, 5) is 11.0. The number of guanidine groups is 1. The number of halogens is 1. The van der Waals surface area contributed by atoms with E-state index >= 15 is 0 Å². The van der Waals surface area contributed by atoms with E-state index in [1.807, 2.05) is 14.1 Å². The fraction of sp³-hybridized carbons (Fsp3) is 0.467. The fourth-order valence-electron chi connectivity index (χ4n) is 2.19. The van der Waals surface area contributed by atoms with Crippen molar-refractivity contribution in [3.63, 3.8) is 0 Å². The minimum atomic E-state index is 0.699. The van der Waals surface area contributed by atoms with E-state index in [4.69, 9.17) is 0 Å². The number of aromatic nitrogens is 2. The van der Waals surface area contributed by atoms with Gasteiger partial charge in [0.05, 0.1) is 23.8 Å². The molecular formula is C15H22BrN5S. The van der Waals surface area contributed by atoms with E-state index in [0.29, 0.717) is 6.54 Å². The standard InChI is InChI=1S/C15H22BrN5S/c1-5-14-19-12(10-22-14)7-18-15(17-2)21(4)9-13-6-11(16)8-20(13)3/h6,8,10H,5,7,9H2,1-4H3,(H,17,18). The van der Waals surface area contributed by atoms with Gasteiger partial charge in [-0.2, -0.15) is 0 Å². The molecule has 2 aromatic heterocycles. The zero-order chi connectivity index (χ0) is 16.1. The Labute approximate surface area is 144 Å². The Bertz CT molecular complexity index is 646. The molecule has 0 radical (unpaired) electrons. The Balaban J connectivity index is 1.94. The monoisotopic (exact) mass is 383 g/mol. The molecule has 2 aromatic rings. The number of nitrogens with one attached hydrogen (secondary N) is 1. The van der Waals surface area contributed by atoms with Gasteiger partial charge in [-0.15, -0.1) is 11.3 Å². The van der Waals surface area contributed by atoms with Crippen LogP contribution in [-0.4, -0.2) is 34.5 Å². The van der Waals surface area contributed by atoms with Crippen molar-refractivity contribution in [3.05, 3.63) is 38.5 Å². The maximum atomic E-state index is 4.57. The lowest BCUT2D eigenvalue weighted by atomic mass is 10.4. The Hall–Kier alpha value is -1.34. The first-order chi connectivity index (χ1) is 10.5. The normalized spacial score (nSPS) is 11.8. The molecule has 0 aliphatic carbocycles. The average molecular weight is 384 g/mol. The third-order valence-electron chi connectivity index (χ3n) is 3.38. The smallest absolute Gasteiger partial charge is 0.194 e. The van der Waals surface area contributed by atoms with Gasteiger partial charge in [-0.3, -0.25) is 4.99 Å². The molecular weight excluding hydrogens is 362 g/mol. The summed E-state index contributed by atoms with van der Waals surface area (Å²) < 4.78 is 3.21. The van der Waals surface area contributed by atoms with Gasteiger partial charge < -0.3 is 14.8 Å². The summed E-state index contributed by atoms with van der Waals surface area (Å²) in [5, 5.41) is 6.65. The van der Waals surface area contributed by atoms with Crippen LogP contribution in [0.3, 0.4) is 0 Å². The molecule has 0 aromatic carbocycles. The van der Waals surface area contributed by atoms with Crippen LogP contribution in [0.25, 0.3) is 0 Å². The lowest BCUT2D eigenvalue weighted by Crippen LogP contribution is -2.38. The van der Waals surface area contributed by atoms with E-state index in [9.17, 15) is 0 Å². The third kappa shape index (κ3) is 4.33. The Kier molecular flexibility index (Phi) is 6.02. The zero-order valence-electron chi connectivity index (χ0n) is 13.4. The molecule has 0 amide bonds. The van der Waals surface area contributed by atoms with Crippen molar-refractivity contribution >= 4 is 33.2 Å². The van der Waals surface area contributed by atoms with E-state index in [0.717, 1.165) is 29.1 Å². The first-order valence-corrected chi connectivity index (χ1v) is 8.86. The van der Waals surface area contributed by atoms with Gasteiger partial charge in [0, 0.05) is 42.9 Å². The maximum Gasteiger partial charge on any atom is 0.194 e. The summed E-state index contributed by atoms with van der Waals surface area (Å²) in [5.74, 6) is 0.864. The summed E-state index contributed by atoms with van der Waals surface area (Å²) in [6.45, 7) is 3.62. The highest BCUT2D eigenvalue weighted by atomic mass is 79.9. The SMILES string of the molecule is CCc1nc(CNC(=NC)N(C)Cc2cc(Br)cn2C)cs1. The Morgan fingerprint density at radius 2 is 2.32 bits per heavy atom. The van der Waals surface area contributed by atoms with Gasteiger partial charge in [0.15, 0.2) is 5.96 Å². The highest BCUT2D eigenvalue weighted by Crippen LogP contribution is 2.15. The molecule has 7 heteroatoms. The van der Waals surface area contributed by atoms with E-state index in [1.165, 1.54) is 10.7 Å². The second kappa shape index (κ2) is 7.78. The molecule has 120 valence electrons. The van der Waals surface area contributed by atoms with Gasteiger partial charge in [-0.05, 0) is 28.4 Å². The van der Waals surface area contributed by atoms with Gasteiger partial charge in [0.25, 0.3) is 0 Å². The lowest BCUT2D eigenvalue weighted by molar-refractivity contribution is 0.461. The van der Waals surface area contributed by atoms with Crippen molar-refractivity contribution in [2.24, 2.45) is 12.0 Å². The van der Waals surface area contributed by atoms with E-state index < -0.39 is 0 Å². The summed E-state index contributed by atoms with van der Waals surface area (Å²) >= 11 is 5.22. The average Bonchev–Trinajstić information content (AvgIpc) is 3.06. The van der Waals surface area contributed by atoms with Crippen molar-refractivity contribution in [1.82, 2.24) is 19.8 Å². The highest BCUT2D eigenvalue weighted by molar-refractivity contribution is 9.10. The van der Waals surface area contributed by atoms with Gasteiger partial charge in [0.2, 0.25) is 0 Å². The van der Waals surface area contributed by atoms with E-state index in [-0.39, 0.29) is 0 Å². The summed E-state index contributed by atoms with van der Waals surface area (Å²) in [6, 6.07) is 2.12. The topological polar surface area (TPSA) is 45.5 Å². The quantitative estimate of drug-likeness (QED) is 0.637.